The first-order valence-electron chi connectivity index (χ1n) is 13.6. The monoisotopic (exact) mass is 512 g/mol. The lowest BCUT2D eigenvalue weighted by Crippen LogP contribution is -2.44. The largest absolute Gasteiger partial charge is 0.355 e. The molecular formula is C27H40N6O4. The molecule has 3 aliphatic heterocycles. The number of rotatable bonds is 4. The van der Waals surface area contributed by atoms with Gasteiger partial charge in [0.2, 0.25) is 11.8 Å². The molecule has 3 aliphatic rings. The van der Waals surface area contributed by atoms with E-state index < -0.39 is 0 Å². The van der Waals surface area contributed by atoms with Crippen molar-refractivity contribution in [2.24, 2.45) is 5.92 Å². The van der Waals surface area contributed by atoms with Crippen molar-refractivity contribution in [1.29, 1.82) is 0 Å². The third kappa shape index (κ3) is 6.80. The summed E-state index contributed by atoms with van der Waals surface area (Å²) < 4.78 is 0. The Hall–Kier alpha value is -3.14. The lowest BCUT2D eigenvalue weighted by atomic mass is 10.1. The summed E-state index contributed by atoms with van der Waals surface area (Å²) in [7, 11) is 0. The molecule has 10 nitrogen and oxygen atoms in total. The van der Waals surface area contributed by atoms with Crippen molar-refractivity contribution < 1.29 is 19.2 Å². The first kappa shape index (κ1) is 26.9. The highest BCUT2D eigenvalue weighted by Crippen LogP contribution is 2.21. The summed E-state index contributed by atoms with van der Waals surface area (Å²) in [5.74, 6) is 0.244. The van der Waals surface area contributed by atoms with Gasteiger partial charge in [-0.05, 0) is 49.8 Å². The standard InChI is InChI=1S/C27H40N6O4/c1-19(2)15-24(34)32-13-6-12-31(11-4-3-9-28-25(35)23-17-22(32)18-30-23)26(36)20-7-5-8-21(16-20)33-14-10-29-27(33)37/h5,7-8,16,19,22-23,30H,3-4,6,9-15,17-18H2,1-2H3,(H,28,35)(H,29,37)/t22-,23-/m0/s1. The van der Waals surface area contributed by atoms with Crippen LogP contribution in [-0.2, 0) is 9.59 Å². The molecule has 2 atom stereocenters. The van der Waals surface area contributed by atoms with Crippen LogP contribution >= 0.6 is 0 Å². The zero-order valence-electron chi connectivity index (χ0n) is 22.0. The second kappa shape index (κ2) is 12.4. The van der Waals surface area contributed by atoms with Gasteiger partial charge < -0.3 is 25.8 Å². The Bertz CT molecular complexity index is 999. The Kier molecular flexibility index (Phi) is 9.02. The number of amides is 5. The van der Waals surface area contributed by atoms with Gasteiger partial charge in [-0.25, -0.2) is 4.79 Å². The van der Waals surface area contributed by atoms with Gasteiger partial charge in [0.05, 0.1) is 6.04 Å². The number of nitrogens with one attached hydrogen (secondary N) is 3. The Balaban J connectivity index is 1.49. The maximum absolute atomic E-state index is 13.6. The molecule has 0 aromatic heterocycles. The van der Waals surface area contributed by atoms with Crippen molar-refractivity contribution in [2.75, 3.05) is 50.7 Å². The smallest absolute Gasteiger partial charge is 0.321 e. The van der Waals surface area contributed by atoms with E-state index in [0.29, 0.717) is 76.3 Å². The van der Waals surface area contributed by atoms with E-state index in [1.165, 1.54) is 0 Å². The molecule has 0 spiro atoms. The van der Waals surface area contributed by atoms with Crippen molar-refractivity contribution in [2.45, 2.75) is 58.0 Å². The van der Waals surface area contributed by atoms with Gasteiger partial charge in [0, 0.05) is 69.5 Å². The molecule has 10 heteroatoms. The SMILES string of the molecule is CC(C)CC(=O)N1CCCN(C(=O)c2cccc(N3CCNC3=O)c2)CCCCNC(=O)[C@@H]2C[C@H]1CN2. The molecule has 1 aromatic rings. The molecule has 37 heavy (non-hydrogen) atoms. The van der Waals surface area contributed by atoms with Crippen LogP contribution in [0.25, 0.3) is 0 Å². The summed E-state index contributed by atoms with van der Waals surface area (Å²) in [6.07, 6.45) is 3.27. The summed E-state index contributed by atoms with van der Waals surface area (Å²) in [5, 5.41) is 9.09. The summed E-state index contributed by atoms with van der Waals surface area (Å²) >= 11 is 0. The maximum atomic E-state index is 13.6. The number of nitrogens with zero attached hydrogens (tertiary/aromatic N) is 3. The molecule has 3 fully saturated rings. The number of fused-ring (bicyclic) bond motifs is 2. The minimum absolute atomic E-state index is 0.0217. The van der Waals surface area contributed by atoms with Crippen LogP contribution in [0.5, 0.6) is 0 Å². The van der Waals surface area contributed by atoms with Gasteiger partial charge in [-0.15, -0.1) is 0 Å². The van der Waals surface area contributed by atoms with Gasteiger partial charge in [0.15, 0.2) is 0 Å². The average Bonchev–Trinajstić information content (AvgIpc) is 3.53. The molecule has 3 heterocycles. The first-order valence-corrected chi connectivity index (χ1v) is 13.6. The minimum atomic E-state index is -0.273. The molecule has 1 aromatic carbocycles. The Morgan fingerprint density at radius 2 is 1.81 bits per heavy atom. The highest BCUT2D eigenvalue weighted by molar-refractivity contribution is 5.98. The highest BCUT2D eigenvalue weighted by Gasteiger charge is 2.35. The van der Waals surface area contributed by atoms with E-state index in [-0.39, 0.29) is 41.8 Å². The lowest BCUT2D eigenvalue weighted by Gasteiger charge is -2.31. The van der Waals surface area contributed by atoms with Crippen LogP contribution in [0.4, 0.5) is 10.5 Å². The molecule has 0 unspecified atom stereocenters. The normalized spacial score (nSPS) is 23.6. The van der Waals surface area contributed by atoms with E-state index in [2.05, 4.69) is 16.0 Å². The lowest BCUT2D eigenvalue weighted by molar-refractivity contribution is -0.134. The number of carbonyl (C=O) groups is 4. The van der Waals surface area contributed by atoms with E-state index in [4.69, 9.17) is 0 Å². The van der Waals surface area contributed by atoms with Crippen LogP contribution in [0.1, 0.15) is 56.3 Å². The van der Waals surface area contributed by atoms with Crippen molar-refractivity contribution in [3.05, 3.63) is 29.8 Å². The summed E-state index contributed by atoms with van der Waals surface area (Å²) in [4.78, 5) is 56.9. The second-order valence-electron chi connectivity index (χ2n) is 10.6. The fourth-order valence-electron chi connectivity index (χ4n) is 5.35. The Morgan fingerprint density at radius 1 is 1.00 bits per heavy atom. The van der Waals surface area contributed by atoms with Crippen LogP contribution in [0, 0.1) is 5.92 Å². The zero-order valence-corrected chi connectivity index (χ0v) is 22.0. The molecule has 202 valence electrons. The van der Waals surface area contributed by atoms with Crippen LogP contribution < -0.4 is 20.9 Å². The molecule has 2 bridgehead atoms. The average molecular weight is 513 g/mol. The number of carbonyl (C=O) groups excluding carboxylic acids is 4. The van der Waals surface area contributed by atoms with Crippen LogP contribution in [0.15, 0.2) is 24.3 Å². The van der Waals surface area contributed by atoms with E-state index in [1.807, 2.05) is 35.8 Å². The summed E-state index contributed by atoms with van der Waals surface area (Å²) in [6, 6.07) is 6.76. The summed E-state index contributed by atoms with van der Waals surface area (Å²) in [6.45, 7) is 8.02. The molecule has 4 rings (SSSR count). The Morgan fingerprint density at radius 3 is 2.57 bits per heavy atom. The number of benzene rings is 1. The molecule has 3 saturated heterocycles. The van der Waals surface area contributed by atoms with Gasteiger partial charge in [-0.1, -0.05) is 19.9 Å². The fourth-order valence-corrected chi connectivity index (χ4v) is 5.35. The molecular weight excluding hydrogens is 472 g/mol. The van der Waals surface area contributed by atoms with Crippen molar-refractivity contribution in [3.8, 4) is 0 Å². The van der Waals surface area contributed by atoms with E-state index >= 15 is 0 Å². The Labute approximate surface area is 219 Å². The van der Waals surface area contributed by atoms with E-state index in [1.54, 1.807) is 17.0 Å². The predicted octanol–water partition coefficient (Wildman–Crippen LogP) is 1.56. The van der Waals surface area contributed by atoms with Crippen LogP contribution in [0.2, 0.25) is 0 Å². The third-order valence-electron chi connectivity index (χ3n) is 7.30. The molecule has 3 N–H and O–H groups in total. The van der Waals surface area contributed by atoms with Gasteiger partial charge in [-0.3, -0.25) is 19.3 Å². The third-order valence-corrected chi connectivity index (χ3v) is 7.30. The molecule has 5 amide bonds. The molecule has 0 saturated carbocycles. The quantitative estimate of drug-likeness (QED) is 0.567. The highest BCUT2D eigenvalue weighted by atomic mass is 16.2. The van der Waals surface area contributed by atoms with E-state index in [0.717, 1.165) is 12.8 Å². The van der Waals surface area contributed by atoms with E-state index in [9.17, 15) is 19.2 Å². The topological polar surface area (TPSA) is 114 Å². The van der Waals surface area contributed by atoms with Crippen LogP contribution in [-0.4, -0.2) is 91.4 Å². The number of hydrogen-bond acceptors (Lipinski definition) is 5. The second-order valence-corrected chi connectivity index (χ2v) is 10.6. The zero-order chi connectivity index (χ0) is 26.4. The van der Waals surface area contributed by atoms with Crippen molar-refractivity contribution in [3.63, 3.8) is 0 Å². The molecule has 0 aliphatic carbocycles. The maximum Gasteiger partial charge on any atom is 0.321 e. The van der Waals surface area contributed by atoms with Crippen molar-refractivity contribution in [1.82, 2.24) is 25.8 Å². The fraction of sp³-hybridized carbons (Fsp3) is 0.630. The van der Waals surface area contributed by atoms with Crippen LogP contribution in [0.3, 0.4) is 0 Å². The van der Waals surface area contributed by atoms with Crippen molar-refractivity contribution >= 4 is 29.4 Å². The summed E-state index contributed by atoms with van der Waals surface area (Å²) in [5.41, 5.74) is 1.25. The van der Waals surface area contributed by atoms with Gasteiger partial charge in [0.25, 0.3) is 5.91 Å². The minimum Gasteiger partial charge on any atom is -0.355 e. The number of urea groups is 1. The first-order chi connectivity index (χ1) is 17.8. The van der Waals surface area contributed by atoms with Gasteiger partial charge in [-0.2, -0.15) is 0 Å². The number of anilines is 1. The number of hydrogen-bond donors (Lipinski definition) is 3. The van der Waals surface area contributed by atoms with Gasteiger partial charge >= 0.3 is 6.03 Å². The predicted molar refractivity (Wildman–Crippen MR) is 141 cm³/mol. The molecule has 0 radical (unpaired) electrons. The van der Waals surface area contributed by atoms with Gasteiger partial charge in [0.1, 0.15) is 0 Å².